The van der Waals surface area contributed by atoms with E-state index in [0.717, 1.165) is 22.4 Å². The first-order chi connectivity index (χ1) is 14.1. The Kier molecular flexibility index (Phi) is 5.17. The number of pyridine rings is 1. The maximum atomic E-state index is 12.5. The third-order valence-electron chi connectivity index (χ3n) is 4.37. The molecule has 1 amide bonds. The average Bonchev–Trinajstić information content (AvgIpc) is 3.35. The summed E-state index contributed by atoms with van der Waals surface area (Å²) in [5.74, 6) is 0.967. The molecule has 8 nitrogen and oxygen atoms in total. The number of carbonyl (C=O) groups is 1. The van der Waals surface area contributed by atoms with Gasteiger partial charge in [-0.1, -0.05) is 30.3 Å². The van der Waals surface area contributed by atoms with Gasteiger partial charge in [0, 0.05) is 24.0 Å². The zero-order valence-corrected chi connectivity index (χ0v) is 15.9. The number of anilines is 1. The fraction of sp³-hybridized carbons (Fsp3) is 0.143. The van der Waals surface area contributed by atoms with Gasteiger partial charge in [-0.05, 0) is 30.2 Å². The highest BCUT2D eigenvalue weighted by molar-refractivity contribution is 5.90. The summed E-state index contributed by atoms with van der Waals surface area (Å²) < 4.78 is 3.18. The number of hydrogen-bond acceptors (Lipinski definition) is 5. The first-order valence-electron chi connectivity index (χ1n) is 9.13. The predicted molar refractivity (Wildman–Crippen MR) is 108 cm³/mol. The van der Waals surface area contributed by atoms with E-state index in [0.29, 0.717) is 11.6 Å². The third kappa shape index (κ3) is 4.22. The monoisotopic (exact) mass is 388 g/mol. The number of aromatic nitrogens is 5. The van der Waals surface area contributed by atoms with E-state index in [1.54, 1.807) is 27.8 Å². The van der Waals surface area contributed by atoms with Crippen molar-refractivity contribution in [1.29, 1.82) is 0 Å². The van der Waals surface area contributed by atoms with Crippen molar-refractivity contribution >= 4 is 11.7 Å². The van der Waals surface area contributed by atoms with E-state index in [9.17, 15) is 4.79 Å². The number of rotatable bonds is 6. The summed E-state index contributed by atoms with van der Waals surface area (Å²) >= 11 is 0. The third-order valence-corrected chi connectivity index (χ3v) is 4.37. The molecule has 0 saturated heterocycles. The van der Waals surface area contributed by atoms with E-state index in [1.807, 2.05) is 55.6 Å². The zero-order valence-electron chi connectivity index (χ0n) is 15.9. The number of hydrogen-bond donors (Lipinski definition) is 2. The Morgan fingerprint density at radius 2 is 1.97 bits per heavy atom. The first-order valence-corrected chi connectivity index (χ1v) is 9.13. The predicted octanol–water partition coefficient (Wildman–Crippen LogP) is 2.57. The van der Waals surface area contributed by atoms with Crippen LogP contribution in [0, 0.1) is 6.92 Å². The number of aliphatic hydroxyl groups is 1. The molecular weight excluding hydrogens is 368 g/mol. The van der Waals surface area contributed by atoms with Crippen molar-refractivity contribution in [1.82, 2.24) is 24.5 Å². The lowest BCUT2D eigenvalue weighted by atomic mass is 10.1. The summed E-state index contributed by atoms with van der Waals surface area (Å²) in [7, 11) is 0. The SMILES string of the molecule is Cc1cc(NC(=O)Cn2cc(-c3ccc(CO)cc3)cn2)n(-c2ccccn2)n1. The molecule has 3 aromatic heterocycles. The normalized spacial score (nSPS) is 10.8. The molecule has 0 radical (unpaired) electrons. The molecule has 8 heteroatoms. The molecule has 1 aromatic carbocycles. The number of aryl methyl sites for hydroxylation is 1. The van der Waals surface area contributed by atoms with E-state index in [-0.39, 0.29) is 19.1 Å². The number of nitrogens with zero attached hydrogens (tertiary/aromatic N) is 5. The molecule has 0 unspecified atom stereocenters. The first kappa shape index (κ1) is 18.6. The highest BCUT2D eigenvalue weighted by atomic mass is 16.3. The Balaban J connectivity index is 1.46. The molecule has 0 saturated carbocycles. The lowest BCUT2D eigenvalue weighted by Gasteiger charge is -2.08. The van der Waals surface area contributed by atoms with Crippen molar-refractivity contribution in [2.75, 3.05) is 5.32 Å². The zero-order chi connectivity index (χ0) is 20.2. The van der Waals surface area contributed by atoms with Crippen LogP contribution in [0.3, 0.4) is 0 Å². The van der Waals surface area contributed by atoms with Gasteiger partial charge in [0.2, 0.25) is 5.91 Å². The molecule has 0 atom stereocenters. The van der Waals surface area contributed by atoms with Gasteiger partial charge in [0.15, 0.2) is 5.82 Å². The molecule has 0 spiro atoms. The smallest absolute Gasteiger partial charge is 0.247 e. The van der Waals surface area contributed by atoms with Crippen LogP contribution in [0.1, 0.15) is 11.3 Å². The van der Waals surface area contributed by atoms with E-state index in [4.69, 9.17) is 5.11 Å². The maximum absolute atomic E-state index is 12.5. The number of benzene rings is 1. The van der Waals surface area contributed by atoms with Gasteiger partial charge >= 0.3 is 0 Å². The molecule has 0 aliphatic heterocycles. The molecule has 29 heavy (non-hydrogen) atoms. The average molecular weight is 388 g/mol. The Bertz CT molecular complexity index is 1120. The van der Waals surface area contributed by atoms with Crippen LogP contribution in [0.15, 0.2) is 67.1 Å². The summed E-state index contributed by atoms with van der Waals surface area (Å²) in [6.07, 6.45) is 5.20. The minimum atomic E-state index is -0.215. The number of aliphatic hydroxyl groups excluding tert-OH is 1. The molecule has 4 rings (SSSR count). The van der Waals surface area contributed by atoms with Gasteiger partial charge < -0.3 is 10.4 Å². The second-order valence-corrected chi connectivity index (χ2v) is 6.60. The number of carbonyl (C=O) groups excluding carboxylic acids is 1. The summed E-state index contributed by atoms with van der Waals surface area (Å²) in [5.41, 5.74) is 3.49. The molecule has 0 aliphatic rings. The summed E-state index contributed by atoms with van der Waals surface area (Å²) in [5, 5.41) is 20.7. The Labute approximate surface area is 167 Å². The molecule has 146 valence electrons. The van der Waals surface area contributed by atoms with Crippen molar-refractivity contribution in [3.63, 3.8) is 0 Å². The van der Waals surface area contributed by atoms with Crippen LogP contribution in [-0.4, -0.2) is 35.6 Å². The van der Waals surface area contributed by atoms with Crippen LogP contribution >= 0.6 is 0 Å². The molecule has 2 N–H and O–H groups in total. The van der Waals surface area contributed by atoms with Crippen LogP contribution in [0.25, 0.3) is 16.9 Å². The van der Waals surface area contributed by atoms with Crippen molar-refractivity contribution < 1.29 is 9.90 Å². The number of amides is 1. The fourth-order valence-electron chi connectivity index (χ4n) is 2.97. The summed E-state index contributed by atoms with van der Waals surface area (Å²) in [6.45, 7) is 1.94. The highest BCUT2D eigenvalue weighted by Crippen LogP contribution is 2.19. The van der Waals surface area contributed by atoms with Gasteiger partial charge in [-0.15, -0.1) is 0 Å². The van der Waals surface area contributed by atoms with Crippen molar-refractivity contribution in [2.24, 2.45) is 0 Å². The maximum Gasteiger partial charge on any atom is 0.247 e. The lowest BCUT2D eigenvalue weighted by molar-refractivity contribution is -0.116. The van der Waals surface area contributed by atoms with Crippen LogP contribution in [0.5, 0.6) is 0 Å². The Hall–Kier alpha value is -3.78. The van der Waals surface area contributed by atoms with Crippen molar-refractivity contribution in [3.8, 4) is 16.9 Å². The van der Waals surface area contributed by atoms with Gasteiger partial charge in [-0.3, -0.25) is 9.48 Å². The molecular formula is C21H20N6O2. The fourth-order valence-corrected chi connectivity index (χ4v) is 2.97. The Morgan fingerprint density at radius 3 is 2.69 bits per heavy atom. The number of nitrogens with one attached hydrogen (secondary N) is 1. The minimum Gasteiger partial charge on any atom is -0.392 e. The van der Waals surface area contributed by atoms with Crippen LogP contribution < -0.4 is 5.32 Å². The largest absolute Gasteiger partial charge is 0.392 e. The minimum absolute atomic E-state index is 0.00821. The molecule has 4 aromatic rings. The van der Waals surface area contributed by atoms with E-state index in [2.05, 4.69) is 20.5 Å². The molecule has 0 fully saturated rings. The van der Waals surface area contributed by atoms with Crippen molar-refractivity contribution in [3.05, 3.63) is 78.4 Å². The Morgan fingerprint density at radius 1 is 1.14 bits per heavy atom. The van der Waals surface area contributed by atoms with Crippen LogP contribution in [0.4, 0.5) is 5.82 Å². The summed E-state index contributed by atoms with van der Waals surface area (Å²) in [4.78, 5) is 16.8. The van der Waals surface area contributed by atoms with Gasteiger partial charge in [0.25, 0.3) is 0 Å². The standard InChI is InChI=1S/C21H20N6O2/c1-15-10-20(27(25-15)19-4-2-3-9-22-19)24-21(29)13-26-12-18(11-23-26)17-7-5-16(14-28)6-8-17/h2-12,28H,13-14H2,1H3,(H,24,29). The van der Waals surface area contributed by atoms with Gasteiger partial charge in [-0.25, -0.2) is 4.98 Å². The molecule has 3 heterocycles. The van der Waals surface area contributed by atoms with Crippen LogP contribution in [-0.2, 0) is 17.9 Å². The second kappa shape index (κ2) is 8.07. The van der Waals surface area contributed by atoms with Crippen LogP contribution in [0.2, 0.25) is 0 Å². The van der Waals surface area contributed by atoms with Crippen molar-refractivity contribution in [2.45, 2.75) is 20.1 Å². The van der Waals surface area contributed by atoms with Gasteiger partial charge in [-0.2, -0.15) is 14.9 Å². The summed E-state index contributed by atoms with van der Waals surface area (Å²) in [6, 6.07) is 14.9. The highest BCUT2D eigenvalue weighted by Gasteiger charge is 2.13. The van der Waals surface area contributed by atoms with E-state index >= 15 is 0 Å². The second-order valence-electron chi connectivity index (χ2n) is 6.60. The van der Waals surface area contributed by atoms with E-state index < -0.39 is 0 Å². The lowest BCUT2D eigenvalue weighted by Crippen LogP contribution is -2.21. The molecule has 0 bridgehead atoms. The van der Waals surface area contributed by atoms with Gasteiger partial charge in [0.05, 0.1) is 18.5 Å². The quantitative estimate of drug-likeness (QED) is 0.529. The van der Waals surface area contributed by atoms with E-state index in [1.165, 1.54) is 0 Å². The van der Waals surface area contributed by atoms with Gasteiger partial charge in [0.1, 0.15) is 12.4 Å². The topological polar surface area (TPSA) is 97.9 Å². The molecule has 0 aliphatic carbocycles.